The third kappa shape index (κ3) is 2.65. The van der Waals surface area contributed by atoms with Crippen LogP contribution in [0.3, 0.4) is 0 Å². The number of hydrogen-bond acceptors (Lipinski definition) is 2. The molecule has 142 valence electrons. The molecule has 2 aromatic rings. The van der Waals surface area contributed by atoms with Gasteiger partial charge in [0.25, 0.3) is 0 Å². The summed E-state index contributed by atoms with van der Waals surface area (Å²) in [4.78, 5) is 0. The summed E-state index contributed by atoms with van der Waals surface area (Å²) in [6.07, 6.45) is -11.5. The Bertz CT molecular complexity index is 818. The van der Waals surface area contributed by atoms with Gasteiger partial charge < -0.3 is 0 Å². The first-order valence-corrected chi connectivity index (χ1v) is 10.0. The minimum absolute atomic E-state index is 0.148. The van der Waals surface area contributed by atoms with E-state index in [-0.39, 0.29) is 12.9 Å². The molecule has 1 aliphatic rings. The van der Waals surface area contributed by atoms with Crippen molar-refractivity contribution < 1.29 is 38.5 Å². The van der Waals surface area contributed by atoms with Crippen LogP contribution in [0.25, 0.3) is 0 Å². The Morgan fingerprint density at radius 3 is 2.12 bits per heavy atom. The SMILES string of the molecule is COc1cccc(F)c1I1OC(C(F)(F)F)(C(F)(F)F)c2ccccc21. The Labute approximate surface area is 150 Å². The second kappa shape index (κ2) is 6.25. The van der Waals surface area contributed by atoms with Gasteiger partial charge in [-0.3, -0.25) is 0 Å². The number of methoxy groups -OCH3 is 1. The van der Waals surface area contributed by atoms with Crippen molar-refractivity contribution in [2.45, 2.75) is 18.0 Å². The Morgan fingerprint density at radius 2 is 1.54 bits per heavy atom. The van der Waals surface area contributed by atoms with Gasteiger partial charge in [-0.2, -0.15) is 0 Å². The molecule has 0 radical (unpaired) electrons. The summed E-state index contributed by atoms with van der Waals surface area (Å²) in [5.74, 6) is -1.12. The molecule has 0 bridgehead atoms. The van der Waals surface area contributed by atoms with E-state index >= 15 is 0 Å². The van der Waals surface area contributed by atoms with Gasteiger partial charge in [0, 0.05) is 0 Å². The molecule has 1 heterocycles. The van der Waals surface area contributed by atoms with Crippen molar-refractivity contribution in [2.75, 3.05) is 7.11 Å². The van der Waals surface area contributed by atoms with E-state index in [1.807, 2.05) is 0 Å². The molecule has 10 heteroatoms. The number of alkyl halides is 6. The van der Waals surface area contributed by atoms with Gasteiger partial charge in [-0.15, -0.1) is 0 Å². The second-order valence-corrected chi connectivity index (χ2v) is 9.34. The van der Waals surface area contributed by atoms with Crippen LogP contribution in [0.1, 0.15) is 5.56 Å². The summed E-state index contributed by atoms with van der Waals surface area (Å²) in [6, 6.07) is 7.66. The molecule has 1 aliphatic heterocycles. The van der Waals surface area contributed by atoms with Crippen molar-refractivity contribution in [3.63, 3.8) is 0 Å². The third-order valence-electron chi connectivity index (χ3n) is 3.74. The molecule has 0 unspecified atom stereocenters. The zero-order valence-corrected chi connectivity index (χ0v) is 15.0. The summed E-state index contributed by atoms with van der Waals surface area (Å²) in [7, 11) is 1.15. The molecular formula is C16H10F7IO2. The average molecular weight is 494 g/mol. The first-order valence-electron chi connectivity index (χ1n) is 6.99. The fourth-order valence-corrected chi connectivity index (χ4v) is 8.19. The number of fused-ring (bicyclic) bond motifs is 1. The molecule has 0 saturated heterocycles. The molecule has 0 saturated carbocycles. The molecule has 0 N–H and O–H groups in total. The van der Waals surface area contributed by atoms with Gasteiger partial charge in [-0.05, 0) is 0 Å². The Balaban J connectivity index is 2.32. The van der Waals surface area contributed by atoms with Crippen LogP contribution in [-0.4, -0.2) is 19.5 Å². The Morgan fingerprint density at radius 1 is 0.923 bits per heavy atom. The number of benzene rings is 2. The van der Waals surface area contributed by atoms with E-state index in [1.54, 1.807) is 0 Å². The van der Waals surface area contributed by atoms with Gasteiger partial charge in [0.1, 0.15) is 0 Å². The summed E-state index contributed by atoms with van der Waals surface area (Å²) in [5.41, 5.74) is -5.54. The van der Waals surface area contributed by atoms with Gasteiger partial charge in [-0.25, -0.2) is 0 Å². The first kappa shape index (κ1) is 19.2. The van der Waals surface area contributed by atoms with Crippen molar-refractivity contribution in [2.24, 2.45) is 0 Å². The molecule has 0 spiro atoms. The van der Waals surface area contributed by atoms with E-state index in [2.05, 4.69) is 0 Å². The van der Waals surface area contributed by atoms with Gasteiger partial charge in [0.2, 0.25) is 0 Å². The number of ether oxygens (including phenoxy) is 1. The van der Waals surface area contributed by atoms with Gasteiger partial charge >= 0.3 is 151 Å². The monoisotopic (exact) mass is 494 g/mol. The van der Waals surface area contributed by atoms with Crippen molar-refractivity contribution in [1.29, 1.82) is 0 Å². The summed E-state index contributed by atoms with van der Waals surface area (Å²) in [6.45, 7) is 0. The molecule has 0 atom stereocenters. The normalized spacial score (nSPS) is 17.9. The van der Waals surface area contributed by atoms with Crippen LogP contribution in [-0.2, 0) is 8.67 Å². The molecule has 3 rings (SSSR count). The number of hydrogen-bond donors (Lipinski definition) is 0. The molecule has 0 aliphatic carbocycles. The van der Waals surface area contributed by atoms with Gasteiger partial charge in [0.05, 0.1) is 0 Å². The number of halogens is 8. The van der Waals surface area contributed by atoms with Crippen molar-refractivity contribution in [1.82, 2.24) is 0 Å². The molecule has 26 heavy (non-hydrogen) atoms. The van der Waals surface area contributed by atoms with Gasteiger partial charge in [0.15, 0.2) is 0 Å². The molecule has 0 fully saturated rings. The van der Waals surface area contributed by atoms with E-state index in [0.717, 1.165) is 31.4 Å². The second-order valence-electron chi connectivity index (χ2n) is 5.24. The predicted octanol–water partition coefficient (Wildman–Crippen LogP) is 5.65. The molecule has 2 nitrogen and oxygen atoms in total. The zero-order chi connectivity index (χ0) is 19.3. The van der Waals surface area contributed by atoms with Crippen LogP contribution in [0.15, 0.2) is 42.5 Å². The maximum absolute atomic E-state index is 14.3. The van der Waals surface area contributed by atoms with Crippen LogP contribution < -0.4 is 4.74 Å². The zero-order valence-electron chi connectivity index (χ0n) is 12.9. The first-order chi connectivity index (χ1) is 12.0. The van der Waals surface area contributed by atoms with E-state index in [0.29, 0.717) is 0 Å². The standard InChI is InChI=1S/C16H10F7IO2/c1-25-12-8-4-6-10(17)13(12)24-11-7-3-2-5-9(11)14(26-24,15(18,19)20)16(21,22)23/h2-8H,1H3. The summed E-state index contributed by atoms with van der Waals surface area (Å²) in [5, 5.41) is 0. The Kier molecular flexibility index (Phi) is 4.62. The quantitative estimate of drug-likeness (QED) is 0.398. The molecular weight excluding hydrogens is 484 g/mol. The summed E-state index contributed by atoms with van der Waals surface area (Å²) >= 11 is -3.92. The molecule has 2 aromatic carbocycles. The van der Waals surface area contributed by atoms with E-state index < -0.39 is 49.6 Å². The van der Waals surface area contributed by atoms with Crippen LogP contribution >= 0.6 is 20.2 Å². The van der Waals surface area contributed by atoms with E-state index in [4.69, 9.17) is 7.80 Å². The topological polar surface area (TPSA) is 18.5 Å². The minimum atomic E-state index is -5.77. The van der Waals surface area contributed by atoms with Gasteiger partial charge in [-0.1, -0.05) is 0 Å². The van der Waals surface area contributed by atoms with E-state index in [1.165, 1.54) is 18.2 Å². The van der Waals surface area contributed by atoms with Crippen molar-refractivity contribution in [3.8, 4) is 5.75 Å². The maximum atomic E-state index is 14.3. The predicted molar refractivity (Wildman–Crippen MR) is 85.7 cm³/mol. The summed E-state index contributed by atoms with van der Waals surface area (Å²) < 4.78 is 105. The van der Waals surface area contributed by atoms with Crippen LogP contribution in [0.5, 0.6) is 5.75 Å². The molecule has 0 aromatic heterocycles. The molecule has 0 amide bonds. The van der Waals surface area contributed by atoms with Crippen molar-refractivity contribution in [3.05, 3.63) is 61.0 Å². The Hall–Kier alpha value is -1.56. The van der Waals surface area contributed by atoms with E-state index in [9.17, 15) is 30.7 Å². The third-order valence-corrected chi connectivity index (χ3v) is 8.86. The van der Waals surface area contributed by atoms with Crippen LogP contribution in [0.2, 0.25) is 0 Å². The fraction of sp³-hybridized carbons (Fsp3) is 0.250. The number of rotatable bonds is 2. The van der Waals surface area contributed by atoms with Crippen LogP contribution in [0, 0.1) is 13.0 Å². The fourth-order valence-electron chi connectivity index (χ4n) is 2.60. The van der Waals surface area contributed by atoms with Crippen LogP contribution in [0.4, 0.5) is 30.7 Å². The van der Waals surface area contributed by atoms with Crippen molar-refractivity contribution >= 4 is 20.2 Å². The average Bonchev–Trinajstić information content (AvgIpc) is 2.90.